The van der Waals surface area contributed by atoms with E-state index in [4.69, 9.17) is 16.3 Å². The average Bonchev–Trinajstić information content (AvgIpc) is 2.78. The summed E-state index contributed by atoms with van der Waals surface area (Å²) >= 11 is 8.97. The zero-order chi connectivity index (χ0) is 12.1. The summed E-state index contributed by atoms with van der Waals surface area (Å²) in [5.41, 5.74) is 0. The van der Waals surface area contributed by atoms with Crippen LogP contribution in [0.2, 0.25) is 5.15 Å². The van der Waals surface area contributed by atoms with Crippen molar-refractivity contribution in [2.75, 3.05) is 6.61 Å². The molecule has 0 fully saturated rings. The Kier molecular flexibility index (Phi) is 4.73. The molecule has 0 unspecified atom stereocenters. The molecule has 0 N–H and O–H groups in total. The van der Waals surface area contributed by atoms with E-state index in [-0.39, 0.29) is 0 Å². The first-order valence-electron chi connectivity index (χ1n) is 4.96. The molecule has 0 bridgehead atoms. The summed E-state index contributed by atoms with van der Waals surface area (Å²) in [4.78, 5) is 12.6. The van der Waals surface area contributed by atoms with Crippen LogP contribution in [0.3, 0.4) is 0 Å². The highest BCUT2D eigenvalue weighted by molar-refractivity contribution is 8.01. The molecule has 0 spiro atoms. The lowest BCUT2D eigenvalue weighted by molar-refractivity contribution is 0.128. The van der Waals surface area contributed by atoms with Gasteiger partial charge in [-0.15, -0.1) is 11.3 Å². The van der Waals surface area contributed by atoms with E-state index in [2.05, 4.69) is 15.0 Å². The third kappa shape index (κ3) is 3.92. The predicted molar refractivity (Wildman–Crippen MR) is 68.6 cm³/mol. The number of aromatic nitrogens is 3. The summed E-state index contributed by atoms with van der Waals surface area (Å²) in [5, 5.41) is 3.13. The van der Waals surface area contributed by atoms with Gasteiger partial charge in [0.25, 0.3) is 0 Å². The van der Waals surface area contributed by atoms with Gasteiger partial charge in [0.05, 0.1) is 0 Å². The van der Waals surface area contributed by atoms with Crippen LogP contribution in [-0.4, -0.2) is 21.6 Å². The van der Waals surface area contributed by atoms with E-state index in [0.717, 1.165) is 9.37 Å². The first kappa shape index (κ1) is 12.8. The lowest BCUT2D eigenvalue weighted by atomic mass is 10.6. The second-order valence-electron chi connectivity index (χ2n) is 2.98. The highest BCUT2D eigenvalue weighted by atomic mass is 35.5. The van der Waals surface area contributed by atoms with Crippen molar-refractivity contribution in [3.05, 3.63) is 28.6 Å². The van der Waals surface area contributed by atoms with E-state index in [1.165, 1.54) is 11.8 Å². The standard InChI is InChI=1S/C10H10ClN3OS2/c1-2-15-6-8-13-7(11)5-9(14-8)17-10-12-3-4-16-10/h3-5H,2,6H2,1H3. The lowest BCUT2D eigenvalue weighted by Crippen LogP contribution is -2.00. The van der Waals surface area contributed by atoms with Crippen molar-refractivity contribution in [1.29, 1.82) is 0 Å². The van der Waals surface area contributed by atoms with Crippen LogP contribution in [0.15, 0.2) is 27.0 Å². The third-order valence-electron chi connectivity index (χ3n) is 1.75. The van der Waals surface area contributed by atoms with E-state index in [1.54, 1.807) is 23.6 Å². The molecule has 2 aromatic heterocycles. The molecule has 0 atom stereocenters. The van der Waals surface area contributed by atoms with Crippen LogP contribution < -0.4 is 0 Å². The molecule has 17 heavy (non-hydrogen) atoms. The molecule has 0 aliphatic rings. The van der Waals surface area contributed by atoms with Crippen LogP contribution in [0.5, 0.6) is 0 Å². The Morgan fingerprint density at radius 3 is 3.06 bits per heavy atom. The zero-order valence-corrected chi connectivity index (χ0v) is 11.5. The maximum absolute atomic E-state index is 5.93. The molecule has 0 aromatic carbocycles. The van der Waals surface area contributed by atoms with Crippen molar-refractivity contribution in [2.45, 2.75) is 22.9 Å². The Morgan fingerprint density at radius 1 is 1.47 bits per heavy atom. The Bertz CT molecular complexity index is 478. The Hall–Kier alpha value is -0.690. The maximum atomic E-state index is 5.93. The summed E-state index contributed by atoms with van der Waals surface area (Å²) < 4.78 is 6.19. The van der Waals surface area contributed by atoms with Gasteiger partial charge in [-0.2, -0.15) is 0 Å². The van der Waals surface area contributed by atoms with Gasteiger partial charge in [-0.05, 0) is 18.7 Å². The van der Waals surface area contributed by atoms with Gasteiger partial charge in [0, 0.05) is 24.3 Å². The van der Waals surface area contributed by atoms with Gasteiger partial charge in [-0.1, -0.05) is 11.6 Å². The van der Waals surface area contributed by atoms with Crippen molar-refractivity contribution in [2.24, 2.45) is 0 Å². The fraction of sp³-hybridized carbons (Fsp3) is 0.300. The van der Waals surface area contributed by atoms with Crippen LogP contribution in [0.25, 0.3) is 0 Å². The lowest BCUT2D eigenvalue weighted by Gasteiger charge is -2.03. The van der Waals surface area contributed by atoms with Gasteiger partial charge in [0.2, 0.25) is 0 Å². The van der Waals surface area contributed by atoms with Crippen molar-refractivity contribution >= 4 is 34.7 Å². The van der Waals surface area contributed by atoms with Gasteiger partial charge >= 0.3 is 0 Å². The van der Waals surface area contributed by atoms with Gasteiger partial charge in [-0.25, -0.2) is 15.0 Å². The van der Waals surface area contributed by atoms with Crippen LogP contribution in [0.1, 0.15) is 12.7 Å². The Labute approximate surface area is 112 Å². The number of ether oxygens (including phenoxy) is 1. The Balaban J connectivity index is 2.13. The highest BCUT2D eigenvalue weighted by Crippen LogP contribution is 2.28. The van der Waals surface area contributed by atoms with Crippen LogP contribution >= 0.6 is 34.7 Å². The van der Waals surface area contributed by atoms with Gasteiger partial charge in [0.1, 0.15) is 16.8 Å². The SMILES string of the molecule is CCOCc1nc(Cl)cc(Sc2nccs2)n1. The summed E-state index contributed by atoms with van der Waals surface area (Å²) in [6.07, 6.45) is 1.76. The molecule has 0 saturated carbocycles. The van der Waals surface area contributed by atoms with E-state index < -0.39 is 0 Å². The Morgan fingerprint density at radius 2 is 2.35 bits per heavy atom. The quantitative estimate of drug-likeness (QED) is 0.790. The predicted octanol–water partition coefficient (Wildman–Crippen LogP) is 3.27. The molecule has 4 nitrogen and oxygen atoms in total. The van der Waals surface area contributed by atoms with Gasteiger partial charge in [-0.3, -0.25) is 0 Å². The normalized spacial score (nSPS) is 10.7. The number of hydrogen-bond acceptors (Lipinski definition) is 6. The van der Waals surface area contributed by atoms with Crippen molar-refractivity contribution in [1.82, 2.24) is 15.0 Å². The van der Waals surface area contributed by atoms with Crippen molar-refractivity contribution in [3.63, 3.8) is 0 Å². The summed E-state index contributed by atoms with van der Waals surface area (Å²) in [5.74, 6) is 0.596. The molecule has 2 heterocycles. The second-order valence-corrected chi connectivity index (χ2v) is 5.53. The van der Waals surface area contributed by atoms with Crippen LogP contribution in [-0.2, 0) is 11.3 Å². The molecule has 0 amide bonds. The fourth-order valence-electron chi connectivity index (χ4n) is 1.10. The first-order valence-corrected chi connectivity index (χ1v) is 7.04. The fourth-order valence-corrected chi connectivity index (χ4v) is 2.96. The molecule has 0 saturated heterocycles. The van der Waals surface area contributed by atoms with Crippen LogP contribution in [0.4, 0.5) is 0 Å². The van der Waals surface area contributed by atoms with E-state index >= 15 is 0 Å². The average molecular weight is 288 g/mol. The minimum Gasteiger partial charge on any atom is -0.374 e. The summed E-state index contributed by atoms with van der Waals surface area (Å²) in [6.45, 7) is 2.93. The first-order chi connectivity index (χ1) is 8.28. The van der Waals surface area contributed by atoms with Gasteiger partial charge in [0.15, 0.2) is 10.2 Å². The maximum Gasteiger partial charge on any atom is 0.157 e. The van der Waals surface area contributed by atoms with Gasteiger partial charge < -0.3 is 4.74 Å². The minimum absolute atomic E-state index is 0.377. The number of nitrogens with zero attached hydrogens (tertiary/aromatic N) is 3. The molecule has 2 rings (SSSR count). The van der Waals surface area contributed by atoms with E-state index in [0.29, 0.717) is 24.2 Å². The molecule has 2 aromatic rings. The van der Waals surface area contributed by atoms with Crippen molar-refractivity contribution < 1.29 is 4.74 Å². The molecule has 90 valence electrons. The highest BCUT2D eigenvalue weighted by Gasteiger charge is 2.06. The van der Waals surface area contributed by atoms with E-state index in [9.17, 15) is 0 Å². The summed E-state index contributed by atoms with van der Waals surface area (Å²) in [7, 11) is 0. The minimum atomic E-state index is 0.377. The molecule has 0 aliphatic heterocycles. The number of hydrogen-bond donors (Lipinski definition) is 0. The monoisotopic (exact) mass is 287 g/mol. The molecular formula is C10H10ClN3OS2. The molecule has 7 heteroatoms. The smallest absolute Gasteiger partial charge is 0.157 e. The molecular weight excluding hydrogens is 278 g/mol. The molecule has 0 aliphatic carbocycles. The number of thiazole rings is 1. The van der Waals surface area contributed by atoms with Crippen LogP contribution in [0, 0.1) is 0 Å². The third-order valence-corrected chi connectivity index (χ3v) is 3.75. The number of rotatable bonds is 5. The molecule has 0 radical (unpaired) electrons. The number of halogens is 1. The largest absolute Gasteiger partial charge is 0.374 e. The second kappa shape index (κ2) is 6.30. The van der Waals surface area contributed by atoms with E-state index in [1.807, 2.05) is 12.3 Å². The zero-order valence-electron chi connectivity index (χ0n) is 9.09. The summed E-state index contributed by atoms with van der Waals surface area (Å²) in [6, 6.07) is 1.73. The van der Waals surface area contributed by atoms with Crippen molar-refractivity contribution in [3.8, 4) is 0 Å². The topological polar surface area (TPSA) is 47.9 Å².